The van der Waals surface area contributed by atoms with Crippen LogP contribution in [0, 0.1) is 0 Å². The molecule has 2 aliphatic rings. The van der Waals surface area contributed by atoms with Crippen LogP contribution >= 0.6 is 11.6 Å². The Morgan fingerprint density at radius 1 is 1.19 bits per heavy atom. The quantitative estimate of drug-likeness (QED) is 0.749. The van der Waals surface area contributed by atoms with Crippen molar-refractivity contribution in [1.82, 2.24) is 9.47 Å². The zero-order chi connectivity index (χ0) is 22.7. The summed E-state index contributed by atoms with van der Waals surface area (Å²) in [5, 5.41) is 9.85. The number of benzene rings is 1. The molecule has 3 heterocycles. The summed E-state index contributed by atoms with van der Waals surface area (Å²) in [6.07, 6.45) is -2.30. The minimum atomic E-state index is -4.91. The van der Waals surface area contributed by atoms with Crippen molar-refractivity contribution in [1.29, 1.82) is 0 Å². The number of carboxylic acid groups (broad SMARTS) is 1. The Morgan fingerprint density at radius 3 is 2.42 bits per heavy atom. The average molecular weight is 458 g/mol. The highest BCUT2D eigenvalue weighted by atomic mass is 35.5. The standard InChI is InChI=1S/C20H19ClF3N3O4/c1-10-2-3-11-15-12(17(28)13(18(29)30)9-27(10)15)8-14(21)16(11)25-4-6-26(7-5-25)19(31)20(22,23)24/h8-10H,2-7H2,1H3,(H,29,30). The molecule has 1 fully saturated rings. The SMILES string of the molecule is CC1CCc2c(N3CCN(C(=O)C(F)(F)F)CC3)c(Cl)cc3c(=O)c(C(=O)O)cn1c23. The number of rotatable bonds is 2. The second-order valence-electron chi connectivity index (χ2n) is 7.83. The third-order valence-electron chi connectivity index (χ3n) is 5.98. The number of hydrogen-bond acceptors (Lipinski definition) is 4. The highest BCUT2D eigenvalue weighted by Crippen LogP contribution is 2.41. The highest BCUT2D eigenvalue weighted by Gasteiger charge is 2.43. The summed E-state index contributed by atoms with van der Waals surface area (Å²) in [5.41, 5.74) is 1.03. The van der Waals surface area contributed by atoms with Crippen molar-refractivity contribution in [3.63, 3.8) is 0 Å². The maximum Gasteiger partial charge on any atom is 0.471 e. The molecule has 1 N–H and O–H groups in total. The molecule has 1 atom stereocenters. The van der Waals surface area contributed by atoms with Crippen LogP contribution in [-0.2, 0) is 11.2 Å². The number of carboxylic acids is 1. The van der Waals surface area contributed by atoms with Crippen LogP contribution < -0.4 is 10.3 Å². The topological polar surface area (TPSA) is 82.8 Å². The van der Waals surface area contributed by atoms with Crippen LogP contribution in [0.15, 0.2) is 17.1 Å². The number of carbonyl (C=O) groups is 2. The van der Waals surface area contributed by atoms with Crippen LogP contribution in [0.1, 0.15) is 35.3 Å². The number of alkyl halides is 3. The van der Waals surface area contributed by atoms with Crippen molar-refractivity contribution >= 4 is 40.1 Å². The lowest BCUT2D eigenvalue weighted by molar-refractivity contribution is -0.185. The van der Waals surface area contributed by atoms with Crippen LogP contribution in [0.25, 0.3) is 10.9 Å². The number of hydrogen-bond donors (Lipinski definition) is 1. The predicted molar refractivity (Wildman–Crippen MR) is 108 cm³/mol. The number of halogens is 4. The third-order valence-corrected chi connectivity index (χ3v) is 6.27. The first-order valence-electron chi connectivity index (χ1n) is 9.75. The lowest BCUT2D eigenvalue weighted by Gasteiger charge is -2.39. The van der Waals surface area contributed by atoms with Gasteiger partial charge in [0.2, 0.25) is 5.43 Å². The van der Waals surface area contributed by atoms with E-state index in [1.807, 2.05) is 11.8 Å². The van der Waals surface area contributed by atoms with Crippen molar-refractivity contribution in [2.24, 2.45) is 0 Å². The van der Waals surface area contributed by atoms with E-state index in [-0.39, 0.29) is 48.2 Å². The fourth-order valence-electron chi connectivity index (χ4n) is 4.44. The van der Waals surface area contributed by atoms with Crippen molar-refractivity contribution in [3.05, 3.63) is 38.6 Å². The molecule has 31 heavy (non-hydrogen) atoms. The Balaban J connectivity index is 1.79. The highest BCUT2D eigenvalue weighted by molar-refractivity contribution is 6.34. The normalized spacial score (nSPS) is 19.1. The molecule has 1 aromatic heterocycles. The van der Waals surface area contributed by atoms with E-state index in [0.29, 0.717) is 24.0 Å². The summed E-state index contributed by atoms with van der Waals surface area (Å²) in [7, 11) is 0. The minimum Gasteiger partial charge on any atom is -0.477 e. The molecule has 166 valence electrons. The van der Waals surface area contributed by atoms with Crippen molar-refractivity contribution in [2.45, 2.75) is 32.0 Å². The first-order valence-corrected chi connectivity index (χ1v) is 10.1. The molecule has 1 amide bonds. The molecule has 0 saturated carbocycles. The molecule has 0 radical (unpaired) electrons. The zero-order valence-electron chi connectivity index (χ0n) is 16.5. The monoisotopic (exact) mass is 457 g/mol. The maximum atomic E-state index is 12.8. The van der Waals surface area contributed by atoms with Crippen LogP contribution in [0.5, 0.6) is 0 Å². The van der Waals surface area contributed by atoms with Crippen molar-refractivity contribution in [2.75, 3.05) is 31.1 Å². The number of amides is 1. The van der Waals surface area contributed by atoms with Gasteiger partial charge in [-0.2, -0.15) is 13.2 Å². The van der Waals surface area contributed by atoms with Gasteiger partial charge in [-0.3, -0.25) is 9.59 Å². The molecule has 2 aromatic rings. The lowest BCUT2D eigenvalue weighted by Crippen LogP contribution is -2.52. The smallest absolute Gasteiger partial charge is 0.471 e. The summed E-state index contributed by atoms with van der Waals surface area (Å²) < 4.78 is 39.9. The molecular formula is C20H19ClF3N3O4. The van der Waals surface area contributed by atoms with E-state index >= 15 is 0 Å². The van der Waals surface area contributed by atoms with E-state index in [4.69, 9.17) is 11.6 Å². The van der Waals surface area contributed by atoms with Gasteiger partial charge in [-0.1, -0.05) is 11.6 Å². The summed E-state index contributed by atoms with van der Waals surface area (Å²) in [6, 6.07) is 1.40. The van der Waals surface area contributed by atoms with Gasteiger partial charge in [-0.05, 0) is 25.8 Å². The number of nitrogens with zero attached hydrogens (tertiary/aromatic N) is 3. The largest absolute Gasteiger partial charge is 0.477 e. The summed E-state index contributed by atoms with van der Waals surface area (Å²) >= 11 is 6.51. The number of piperazine rings is 1. The molecule has 7 nitrogen and oxygen atoms in total. The third kappa shape index (κ3) is 3.52. The van der Waals surface area contributed by atoms with Gasteiger partial charge in [-0.15, -0.1) is 0 Å². The Hall–Kier alpha value is -2.75. The average Bonchev–Trinajstić information content (AvgIpc) is 2.70. The molecule has 0 aliphatic carbocycles. The second kappa shape index (κ2) is 7.44. The van der Waals surface area contributed by atoms with Gasteiger partial charge in [0.25, 0.3) is 0 Å². The van der Waals surface area contributed by atoms with Gasteiger partial charge in [0.05, 0.1) is 16.2 Å². The maximum absolute atomic E-state index is 12.8. The van der Waals surface area contributed by atoms with E-state index in [2.05, 4.69) is 0 Å². The predicted octanol–water partition coefficient (Wildman–Crippen LogP) is 3.07. The number of carbonyl (C=O) groups excluding carboxylic acids is 1. The van der Waals surface area contributed by atoms with E-state index in [1.165, 1.54) is 12.3 Å². The summed E-state index contributed by atoms with van der Waals surface area (Å²) in [4.78, 5) is 38.4. The fourth-order valence-corrected chi connectivity index (χ4v) is 4.78. The van der Waals surface area contributed by atoms with E-state index in [0.717, 1.165) is 10.5 Å². The van der Waals surface area contributed by atoms with E-state index in [9.17, 15) is 32.7 Å². The Kier molecular flexibility index (Phi) is 5.15. The second-order valence-corrected chi connectivity index (χ2v) is 8.24. The number of anilines is 1. The minimum absolute atomic E-state index is 0.0380. The van der Waals surface area contributed by atoms with Crippen LogP contribution in [0.4, 0.5) is 18.9 Å². The van der Waals surface area contributed by atoms with Gasteiger partial charge in [0.15, 0.2) is 0 Å². The van der Waals surface area contributed by atoms with Gasteiger partial charge < -0.3 is 19.5 Å². The molecule has 0 bridgehead atoms. The van der Waals surface area contributed by atoms with E-state index in [1.54, 1.807) is 4.57 Å². The first kappa shape index (κ1) is 21.5. The molecule has 1 unspecified atom stereocenters. The first-order chi connectivity index (χ1) is 14.5. The molecule has 1 aromatic carbocycles. The summed E-state index contributed by atoms with van der Waals surface area (Å²) in [5.74, 6) is -3.18. The van der Waals surface area contributed by atoms with Gasteiger partial charge in [-0.25, -0.2) is 4.79 Å². The number of aryl methyl sites for hydroxylation is 1. The number of pyridine rings is 1. The Labute approximate surface area is 179 Å². The van der Waals surface area contributed by atoms with Crippen LogP contribution in [0.2, 0.25) is 5.02 Å². The van der Waals surface area contributed by atoms with Gasteiger partial charge >= 0.3 is 18.1 Å². The van der Waals surface area contributed by atoms with Crippen LogP contribution in [0.3, 0.4) is 0 Å². The number of aromatic carboxylic acids is 1. The molecule has 1 saturated heterocycles. The lowest BCUT2D eigenvalue weighted by atomic mass is 9.93. The fraction of sp³-hybridized carbons (Fsp3) is 0.450. The molecule has 11 heteroatoms. The Bertz CT molecular complexity index is 1150. The van der Waals surface area contributed by atoms with Crippen LogP contribution in [-0.4, -0.2) is 58.8 Å². The van der Waals surface area contributed by atoms with Crippen molar-refractivity contribution < 1.29 is 27.9 Å². The molecular weight excluding hydrogens is 439 g/mol. The van der Waals surface area contributed by atoms with Gasteiger partial charge in [0, 0.05) is 49.4 Å². The summed E-state index contributed by atoms with van der Waals surface area (Å²) in [6.45, 7) is 2.04. The molecule has 4 rings (SSSR count). The Morgan fingerprint density at radius 2 is 1.84 bits per heavy atom. The number of aromatic nitrogens is 1. The van der Waals surface area contributed by atoms with E-state index < -0.39 is 23.5 Å². The molecule has 2 aliphatic heterocycles. The zero-order valence-corrected chi connectivity index (χ0v) is 17.3. The molecule has 0 spiro atoms. The van der Waals surface area contributed by atoms with Gasteiger partial charge in [0.1, 0.15) is 5.56 Å². The van der Waals surface area contributed by atoms with Crippen molar-refractivity contribution in [3.8, 4) is 0 Å².